The normalized spacial score (nSPS) is 15.5. The first kappa shape index (κ1) is 30.3. The van der Waals surface area contributed by atoms with Gasteiger partial charge in [0.25, 0.3) is 11.8 Å². The van der Waals surface area contributed by atoms with Crippen LogP contribution in [0.5, 0.6) is 5.75 Å². The number of nitrogens with one attached hydrogen (secondary N) is 2. The zero-order chi connectivity index (χ0) is 30.8. The van der Waals surface area contributed by atoms with Crippen molar-refractivity contribution in [3.63, 3.8) is 0 Å². The van der Waals surface area contributed by atoms with Gasteiger partial charge < -0.3 is 25.2 Å². The second-order valence-corrected chi connectivity index (χ2v) is 10.2. The molecule has 1 aliphatic rings. The number of benzene rings is 3. The van der Waals surface area contributed by atoms with Crippen LogP contribution in [0.1, 0.15) is 29.8 Å². The van der Waals surface area contributed by atoms with Gasteiger partial charge in [-0.2, -0.15) is 0 Å². The lowest BCUT2D eigenvalue weighted by atomic mass is 10.0. The molecule has 3 aromatic rings. The molecule has 0 unspecified atom stereocenters. The fourth-order valence-corrected chi connectivity index (χ4v) is 4.41. The number of likely N-dealkylation sites (N-methyl/N-ethyl adjacent to an activating group) is 1. The minimum Gasteiger partial charge on any atom is -0.406 e. The number of hydrogen-bond donors (Lipinski definition) is 2. The number of carbonyl (C=O) groups excluding carboxylic acids is 3. The summed E-state index contributed by atoms with van der Waals surface area (Å²) >= 11 is 0. The van der Waals surface area contributed by atoms with E-state index in [2.05, 4.69) is 15.4 Å². The molecule has 4 rings (SSSR count). The van der Waals surface area contributed by atoms with Crippen LogP contribution in [0.25, 0.3) is 0 Å². The highest BCUT2D eigenvalue weighted by Gasteiger charge is 2.37. The molecule has 0 aromatic heterocycles. The number of alkyl halides is 3. The Kier molecular flexibility index (Phi) is 8.41. The maximum atomic E-state index is 14.2. The van der Waals surface area contributed by atoms with Gasteiger partial charge in [-0.25, -0.2) is 8.78 Å². The first-order valence-electron chi connectivity index (χ1n) is 12.7. The molecular formula is C29H27F5N4O4. The average Bonchev–Trinajstić information content (AvgIpc) is 2.99. The summed E-state index contributed by atoms with van der Waals surface area (Å²) in [5.41, 5.74) is -0.165. The van der Waals surface area contributed by atoms with Crippen molar-refractivity contribution >= 4 is 29.1 Å². The summed E-state index contributed by atoms with van der Waals surface area (Å²) in [7, 11) is 1.42. The van der Waals surface area contributed by atoms with Crippen LogP contribution >= 0.6 is 0 Å². The topological polar surface area (TPSA) is 91.0 Å². The van der Waals surface area contributed by atoms with E-state index >= 15 is 0 Å². The number of halogens is 5. The molecule has 1 aliphatic heterocycles. The van der Waals surface area contributed by atoms with Crippen molar-refractivity contribution in [1.29, 1.82) is 0 Å². The summed E-state index contributed by atoms with van der Waals surface area (Å²) in [6, 6.07) is 12.5. The van der Waals surface area contributed by atoms with Gasteiger partial charge in [-0.05, 0) is 74.0 Å². The van der Waals surface area contributed by atoms with Crippen LogP contribution in [0.4, 0.5) is 33.3 Å². The van der Waals surface area contributed by atoms with E-state index in [1.807, 2.05) is 0 Å². The summed E-state index contributed by atoms with van der Waals surface area (Å²) < 4.78 is 69.1. The molecule has 0 fully saturated rings. The van der Waals surface area contributed by atoms with Gasteiger partial charge in [0.15, 0.2) is 0 Å². The van der Waals surface area contributed by atoms with Crippen LogP contribution in [0, 0.1) is 11.6 Å². The van der Waals surface area contributed by atoms with E-state index in [4.69, 9.17) is 0 Å². The zero-order valence-electron chi connectivity index (χ0n) is 22.8. The Morgan fingerprint density at radius 2 is 1.55 bits per heavy atom. The molecule has 0 bridgehead atoms. The minimum absolute atomic E-state index is 0.0864. The Labute approximate surface area is 238 Å². The molecule has 0 aliphatic carbocycles. The average molecular weight is 591 g/mol. The highest BCUT2D eigenvalue weighted by atomic mass is 19.4. The van der Waals surface area contributed by atoms with E-state index in [1.54, 1.807) is 4.90 Å². The Morgan fingerprint density at radius 3 is 2.17 bits per heavy atom. The van der Waals surface area contributed by atoms with Gasteiger partial charge in [0.1, 0.15) is 29.0 Å². The number of fused-ring (bicyclic) bond motifs is 1. The lowest BCUT2D eigenvalue weighted by Crippen LogP contribution is -2.60. The molecule has 3 aromatic carbocycles. The minimum atomic E-state index is -4.85. The Morgan fingerprint density at radius 1 is 0.929 bits per heavy atom. The van der Waals surface area contributed by atoms with Gasteiger partial charge in [0.05, 0.1) is 11.4 Å². The second kappa shape index (κ2) is 11.7. The Bertz CT molecular complexity index is 1480. The summed E-state index contributed by atoms with van der Waals surface area (Å²) in [4.78, 5) is 42.3. The van der Waals surface area contributed by atoms with Crippen LogP contribution in [0.15, 0.2) is 66.7 Å². The number of rotatable bonds is 7. The summed E-state index contributed by atoms with van der Waals surface area (Å²) in [6.45, 7) is 2.86. The third kappa shape index (κ3) is 7.14. The predicted molar refractivity (Wildman–Crippen MR) is 144 cm³/mol. The maximum Gasteiger partial charge on any atom is 0.573 e. The summed E-state index contributed by atoms with van der Waals surface area (Å²) in [5, 5.41) is 5.23. The van der Waals surface area contributed by atoms with Crippen LogP contribution < -0.4 is 25.2 Å². The van der Waals surface area contributed by atoms with Crippen molar-refractivity contribution in [2.75, 3.05) is 23.4 Å². The van der Waals surface area contributed by atoms with Crippen molar-refractivity contribution in [1.82, 2.24) is 10.6 Å². The SMILES string of the molecule is CN1C(=O)[C@H](NC(=O)C(C)(C)NC(=O)c2ccc(F)cc2)CN(Cc2ccc(OC(F)(F)F)cc2)c2ccc(F)cc21. The zero-order valence-corrected chi connectivity index (χ0v) is 22.8. The summed E-state index contributed by atoms with van der Waals surface area (Å²) in [6.07, 6.45) is -4.85. The molecule has 0 radical (unpaired) electrons. The number of amides is 3. The molecule has 222 valence electrons. The molecule has 0 saturated heterocycles. The van der Waals surface area contributed by atoms with Gasteiger partial charge >= 0.3 is 6.36 Å². The largest absolute Gasteiger partial charge is 0.573 e. The molecule has 3 amide bonds. The molecule has 8 nitrogen and oxygen atoms in total. The van der Waals surface area contributed by atoms with Gasteiger partial charge in [-0.3, -0.25) is 14.4 Å². The molecule has 2 N–H and O–H groups in total. The third-order valence-corrected chi connectivity index (χ3v) is 6.61. The van der Waals surface area contributed by atoms with E-state index in [0.717, 1.165) is 30.3 Å². The Balaban J connectivity index is 1.56. The van der Waals surface area contributed by atoms with Crippen molar-refractivity contribution in [3.8, 4) is 5.75 Å². The Hall–Kier alpha value is -4.68. The number of hydrogen-bond acceptors (Lipinski definition) is 5. The molecule has 1 heterocycles. The predicted octanol–water partition coefficient (Wildman–Crippen LogP) is 4.54. The second-order valence-electron chi connectivity index (χ2n) is 10.2. The van der Waals surface area contributed by atoms with E-state index in [1.165, 1.54) is 62.2 Å². The van der Waals surface area contributed by atoms with Crippen molar-refractivity contribution in [3.05, 3.63) is 89.5 Å². The van der Waals surface area contributed by atoms with E-state index < -0.39 is 53.0 Å². The molecule has 42 heavy (non-hydrogen) atoms. The smallest absolute Gasteiger partial charge is 0.406 e. The van der Waals surface area contributed by atoms with Gasteiger partial charge in [0.2, 0.25) is 5.91 Å². The molecule has 1 atom stereocenters. The van der Waals surface area contributed by atoms with Gasteiger partial charge in [0, 0.05) is 25.7 Å². The lowest BCUT2D eigenvalue weighted by molar-refractivity contribution is -0.274. The standard InChI is InChI=1S/C29H27F5N4O4/c1-28(2,36-25(39)18-6-8-19(30)9-7-18)27(41)35-22-16-38(15-17-4-11-21(12-5-17)42-29(32,33)34)23-13-10-20(31)14-24(23)37(3)26(22)40/h4-14,22H,15-16H2,1-3H3,(H,35,41)(H,36,39)/t22-/m1/s1. The third-order valence-electron chi connectivity index (χ3n) is 6.61. The van der Waals surface area contributed by atoms with E-state index in [9.17, 15) is 36.3 Å². The van der Waals surface area contributed by atoms with Crippen molar-refractivity contribution in [2.24, 2.45) is 0 Å². The fourth-order valence-electron chi connectivity index (χ4n) is 4.41. The van der Waals surface area contributed by atoms with E-state index in [-0.39, 0.29) is 24.3 Å². The maximum absolute atomic E-state index is 14.2. The van der Waals surface area contributed by atoms with E-state index in [0.29, 0.717) is 11.3 Å². The highest BCUT2D eigenvalue weighted by Crippen LogP contribution is 2.34. The van der Waals surface area contributed by atoms with Crippen LogP contribution in [0.3, 0.4) is 0 Å². The lowest BCUT2D eigenvalue weighted by Gasteiger charge is -2.30. The van der Waals surface area contributed by atoms with Crippen molar-refractivity contribution in [2.45, 2.75) is 38.3 Å². The highest BCUT2D eigenvalue weighted by molar-refractivity contribution is 6.04. The quantitative estimate of drug-likeness (QED) is 0.395. The van der Waals surface area contributed by atoms with Crippen LogP contribution in [-0.2, 0) is 16.1 Å². The molecule has 0 spiro atoms. The van der Waals surface area contributed by atoms with Gasteiger partial charge in [-0.1, -0.05) is 12.1 Å². The first-order valence-corrected chi connectivity index (χ1v) is 12.7. The van der Waals surface area contributed by atoms with Crippen LogP contribution in [0.2, 0.25) is 0 Å². The number of ether oxygens (including phenoxy) is 1. The van der Waals surface area contributed by atoms with Crippen LogP contribution in [-0.4, -0.2) is 49.3 Å². The van der Waals surface area contributed by atoms with Crippen molar-refractivity contribution < 1.29 is 41.1 Å². The molecule has 0 saturated carbocycles. The summed E-state index contributed by atoms with van der Waals surface area (Å²) in [5.74, 6) is -3.44. The van der Waals surface area contributed by atoms with Gasteiger partial charge in [-0.15, -0.1) is 13.2 Å². The monoisotopic (exact) mass is 590 g/mol. The molecular weight excluding hydrogens is 563 g/mol. The number of anilines is 2. The number of nitrogens with zero attached hydrogens (tertiary/aromatic N) is 2. The molecule has 13 heteroatoms. The fraction of sp³-hybridized carbons (Fsp3) is 0.276. The first-order chi connectivity index (χ1) is 19.6. The number of carbonyl (C=O) groups is 3.